The summed E-state index contributed by atoms with van der Waals surface area (Å²) in [5.41, 5.74) is 0.609. The molecule has 43 heavy (non-hydrogen) atoms. The number of sulfonamides is 1. The highest BCUT2D eigenvalue weighted by Gasteiger charge is 2.33. The molecule has 3 aromatic carbocycles. The van der Waals surface area contributed by atoms with Crippen molar-refractivity contribution in [1.82, 2.24) is 10.2 Å². The van der Waals surface area contributed by atoms with Crippen LogP contribution in [0.1, 0.15) is 32.8 Å². The zero-order chi connectivity index (χ0) is 31.9. The predicted octanol–water partition coefficient (Wildman–Crippen LogP) is 5.68. The summed E-state index contributed by atoms with van der Waals surface area (Å²) < 4.78 is 53.2. The van der Waals surface area contributed by atoms with E-state index in [1.165, 1.54) is 49.5 Å². The van der Waals surface area contributed by atoms with Crippen molar-refractivity contribution in [3.63, 3.8) is 0 Å². The van der Waals surface area contributed by atoms with Crippen LogP contribution in [0.3, 0.4) is 0 Å². The van der Waals surface area contributed by atoms with E-state index in [0.29, 0.717) is 22.8 Å². The van der Waals surface area contributed by atoms with E-state index in [1.54, 1.807) is 25.1 Å². The Morgan fingerprint density at radius 1 is 0.930 bits per heavy atom. The molecule has 2 amide bonds. The van der Waals surface area contributed by atoms with Crippen molar-refractivity contribution in [1.29, 1.82) is 0 Å². The highest BCUT2D eigenvalue weighted by atomic mass is 35.5. The molecule has 0 aliphatic heterocycles. The molecule has 0 spiro atoms. The Morgan fingerprint density at radius 2 is 1.58 bits per heavy atom. The van der Waals surface area contributed by atoms with Crippen molar-refractivity contribution in [3.05, 3.63) is 82.1 Å². The standard InChI is InChI=1S/C30H34Cl2FN3O6S/c1-6-19(2)34-30(38)20(3)35(17-21-7-13-25(31)26(32)15-21)29(37)18-36(23-10-8-22(33)9-11-23)43(39,40)24-12-14-27(41-4)28(16-24)42-5/h7-16,19-20H,6,17-18H2,1-5H3,(H,34,38)/t19-,20-/m1/s1. The Hall–Kier alpha value is -3.54. The molecular weight excluding hydrogens is 620 g/mol. The van der Waals surface area contributed by atoms with Crippen molar-refractivity contribution in [2.75, 3.05) is 25.1 Å². The van der Waals surface area contributed by atoms with E-state index in [9.17, 15) is 22.4 Å². The molecular formula is C30H34Cl2FN3O6S. The number of halogens is 3. The van der Waals surface area contributed by atoms with Crippen LogP contribution in [0.4, 0.5) is 10.1 Å². The highest BCUT2D eigenvalue weighted by molar-refractivity contribution is 7.92. The molecule has 0 unspecified atom stereocenters. The van der Waals surface area contributed by atoms with Gasteiger partial charge >= 0.3 is 0 Å². The number of ether oxygens (including phenoxy) is 2. The maximum absolute atomic E-state index is 14.0. The average molecular weight is 655 g/mol. The fraction of sp³-hybridized carbons (Fsp3) is 0.333. The van der Waals surface area contributed by atoms with Crippen LogP contribution in [0.5, 0.6) is 11.5 Å². The maximum atomic E-state index is 14.0. The number of carbonyl (C=O) groups is 2. The van der Waals surface area contributed by atoms with Gasteiger partial charge in [0.05, 0.1) is 34.8 Å². The molecule has 0 aliphatic rings. The minimum absolute atomic E-state index is 0.0377. The number of carbonyl (C=O) groups excluding carboxylic acids is 2. The predicted molar refractivity (Wildman–Crippen MR) is 165 cm³/mol. The normalized spacial score (nSPS) is 12.7. The molecule has 1 N–H and O–H groups in total. The van der Waals surface area contributed by atoms with Gasteiger partial charge < -0.3 is 19.7 Å². The number of methoxy groups -OCH3 is 2. The summed E-state index contributed by atoms with van der Waals surface area (Å²) in [6.45, 7) is 4.52. The van der Waals surface area contributed by atoms with E-state index in [4.69, 9.17) is 32.7 Å². The molecule has 0 aliphatic carbocycles. The summed E-state index contributed by atoms with van der Waals surface area (Å²) in [5.74, 6) is -1.23. The first-order chi connectivity index (χ1) is 20.3. The van der Waals surface area contributed by atoms with Crippen molar-refractivity contribution in [2.45, 2.75) is 50.7 Å². The molecule has 0 bridgehead atoms. The van der Waals surface area contributed by atoms with Crippen LogP contribution in [0, 0.1) is 5.82 Å². The van der Waals surface area contributed by atoms with Gasteiger partial charge in [0.2, 0.25) is 11.8 Å². The van der Waals surface area contributed by atoms with Crippen LogP contribution < -0.4 is 19.1 Å². The van der Waals surface area contributed by atoms with E-state index in [0.717, 1.165) is 16.4 Å². The Bertz CT molecular complexity index is 1560. The lowest BCUT2D eigenvalue weighted by molar-refractivity contribution is -0.139. The molecule has 9 nitrogen and oxygen atoms in total. The largest absolute Gasteiger partial charge is 0.493 e. The topological polar surface area (TPSA) is 105 Å². The number of rotatable bonds is 13. The first kappa shape index (κ1) is 34.0. The van der Waals surface area contributed by atoms with Crippen LogP contribution in [-0.2, 0) is 26.2 Å². The molecule has 232 valence electrons. The summed E-state index contributed by atoms with van der Waals surface area (Å²) in [4.78, 5) is 28.2. The molecule has 0 saturated carbocycles. The number of nitrogens with one attached hydrogen (secondary N) is 1. The van der Waals surface area contributed by atoms with Crippen molar-refractivity contribution >= 4 is 50.7 Å². The SMILES string of the molecule is CC[C@@H](C)NC(=O)[C@@H](C)N(Cc1ccc(Cl)c(Cl)c1)C(=O)CN(c1ccc(F)cc1)S(=O)(=O)c1ccc(OC)c(OC)c1. The van der Waals surface area contributed by atoms with Gasteiger partial charge in [-0.1, -0.05) is 36.2 Å². The Morgan fingerprint density at radius 3 is 2.16 bits per heavy atom. The number of anilines is 1. The highest BCUT2D eigenvalue weighted by Crippen LogP contribution is 2.32. The number of amides is 2. The molecule has 0 radical (unpaired) electrons. The Labute approximate surface area is 261 Å². The maximum Gasteiger partial charge on any atom is 0.264 e. The molecule has 0 fully saturated rings. The van der Waals surface area contributed by atoms with Gasteiger partial charge in [0, 0.05) is 18.7 Å². The van der Waals surface area contributed by atoms with Gasteiger partial charge in [-0.15, -0.1) is 0 Å². The monoisotopic (exact) mass is 653 g/mol. The fourth-order valence-corrected chi connectivity index (χ4v) is 5.87. The van der Waals surface area contributed by atoms with E-state index in [2.05, 4.69) is 5.32 Å². The molecule has 2 atom stereocenters. The number of hydrogen-bond acceptors (Lipinski definition) is 6. The average Bonchev–Trinajstić information content (AvgIpc) is 2.99. The zero-order valence-corrected chi connectivity index (χ0v) is 26.8. The first-order valence-corrected chi connectivity index (χ1v) is 15.6. The second-order valence-corrected chi connectivity index (χ2v) is 12.4. The first-order valence-electron chi connectivity index (χ1n) is 13.4. The minimum atomic E-state index is -4.42. The van der Waals surface area contributed by atoms with Crippen LogP contribution in [0.2, 0.25) is 10.0 Å². The van der Waals surface area contributed by atoms with Gasteiger partial charge in [-0.3, -0.25) is 13.9 Å². The van der Waals surface area contributed by atoms with Gasteiger partial charge in [-0.05, 0) is 74.4 Å². The van der Waals surface area contributed by atoms with Crippen LogP contribution in [0.25, 0.3) is 0 Å². The van der Waals surface area contributed by atoms with Gasteiger partial charge in [0.15, 0.2) is 11.5 Å². The summed E-state index contributed by atoms with van der Waals surface area (Å²) in [5, 5.41) is 3.43. The minimum Gasteiger partial charge on any atom is -0.493 e. The van der Waals surface area contributed by atoms with Crippen LogP contribution in [-0.4, -0.2) is 58.0 Å². The summed E-state index contributed by atoms with van der Waals surface area (Å²) in [6.07, 6.45) is 0.668. The second-order valence-electron chi connectivity index (χ2n) is 9.77. The Kier molecular flexibility index (Phi) is 11.7. The molecule has 3 rings (SSSR count). The zero-order valence-electron chi connectivity index (χ0n) is 24.4. The smallest absolute Gasteiger partial charge is 0.264 e. The summed E-state index contributed by atoms with van der Waals surface area (Å²) >= 11 is 12.3. The number of benzene rings is 3. The van der Waals surface area contributed by atoms with E-state index >= 15 is 0 Å². The third-order valence-corrected chi connectivity index (χ3v) is 9.35. The van der Waals surface area contributed by atoms with Crippen molar-refractivity contribution in [2.24, 2.45) is 0 Å². The lowest BCUT2D eigenvalue weighted by atomic mass is 10.1. The van der Waals surface area contributed by atoms with E-state index in [1.807, 2.05) is 13.8 Å². The van der Waals surface area contributed by atoms with Crippen LogP contribution >= 0.6 is 23.2 Å². The molecule has 0 heterocycles. The molecule has 0 aromatic heterocycles. The third-order valence-electron chi connectivity index (χ3n) is 6.84. The number of nitrogens with zero attached hydrogens (tertiary/aromatic N) is 2. The van der Waals surface area contributed by atoms with Crippen molar-refractivity contribution < 1.29 is 31.9 Å². The van der Waals surface area contributed by atoms with Gasteiger partial charge in [0.1, 0.15) is 18.4 Å². The van der Waals surface area contributed by atoms with Crippen LogP contribution in [0.15, 0.2) is 65.6 Å². The van der Waals surface area contributed by atoms with Gasteiger partial charge in [-0.25, -0.2) is 12.8 Å². The van der Waals surface area contributed by atoms with E-state index in [-0.39, 0.29) is 33.9 Å². The second kappa shape index (κ2) is 14.8. The van der Waals surface area contributed by atoms with Gasteiger partial charge in [-0.2, -0.15) is 0 Å². The van der Waals surface area contributed by atoms with Crippen molar-refractivity contribution in [3.8, 4) is 11.5 Å². The summed E-state index contributed by atoms with van der Waals surface area (Å²) in [6, 6.07) is 12.3. The molecule has 13 heteroatoms. The van der Waals surface area contributed by atoms with Gasteiger partial charge in [0.25, 0.3) is 10.0 Å². The third kappa shape index (κ3) is 8.31. The summed E-state index contributed by atoms with van der Waals surface area (Å²) in [7, 11) is -1.64. The lowest BCUT2D eigenvalue weighted by Gasteiger charge is -2.32. The number of hydrogen-bond donors (Lipinski definition) is 1. The Balaban J connectivity index is 2.08. The molecule has 0 saturated heterocycles. The quantitative estimate of drug-likeness (QED) is 0.255. The fourth-order valence-electron chi connectivity index (χ4n) is 4.12. The lowest BCUT2D eigenvalue weighted by Crippen LogP contribution is -2.52. The van der Waals surface area contributed by atoms with E-state index < -0.39 is 40.2 Å². The molecule has 3 aromatic rings.